The van der Waals surface area contributed by atoms with Crippen molar-refractivity contribution in [2.75, 3.05) is 0 Å². The van der Waals surface area contributed by atoms with E-state index >= 15 is 0 Å². The minimum Gasteiger partial charge on any atom is -0.366 e. The van der Waals surface area contributed by atoms with Gasteiger partial charge in [-0.05, 0) is 35.9 Å². The van der Waals surface area contributed by atoms with Crippen LogP contribution in [0.1, 0.15) is 15.9 Å². The first-order chi connectivity index (χ1) is 16.2. The lowest BCUT2D eigenvalue weighted by Gasteiger charge is -2.06. The van der Waals surface area contributed by atoms with Crippen LogP contribution >= 0.6 is 0 Å². The van der Waals surface area contributed by atoms with Gasteiger partial charge in [0.2, 0.25) is 15.7 Å². The van der Waals surface area contributed by atoms with E-state index in [1.165, 1.54) is 27.8 Å². The van der Waals surface area contributed by atoms with Crippen molar-refractivity contribution in [3.8, 4) is 0 Å². The van der Waals surface area contributed by atoms with E-state index in [1.807, 2.05) is 0 Å². The molecular formula is C23H20N6O4S. The van der Waals surface area contributed by atoms with Crippen molar-refractivity contribution in [3.05, 3.63) is 82.5 Å². The molecule has 0 saturated heterocycles. The number of aryl methyl sites for hydroxylation is 2. The summed E-state index contributed by atoms with van der Waals surface area (Å²) in [5.41, 5.74) is 7.16. The molecule has 0 unspecified atom stereocenters. The highest BCUT2D eigenvalue weighted by atomic mass is 32.2. The van der Waals surface area contributed by atoms with Gasteiger partial charge < -0.3 is 10.3 Å². The van der Waals surface area contributed by atoms with Crippen molar-refractivity contribution >= 4 is 37.6 Å². The molecule has 1 amide bonds. The second-order valence-electron chi connectivity index (χ2n) is 8.03. The van der Waals surface area contributed by atoms with Gasteiger partial charge in [-0.15, -0.1) is 0 Å². The summed E-state index contributed by atoms with van der Waals surface area (Å²) in [4.78, 5) is 25.0. The number of amides is 1. The van der Waals surface area contributed by atoms with E-state index in [0.717, 1.165) is 0 Å². The van der Waals surface area contributed by atoms with Crippen LogP contribution in [0.2, 0.25) is 0 Å². The van der Waals surface area contributed by atoms with Crippen molar-refractivity contribution in [2.45, 2.75) is 16.3 Å². The first-order valence-electron chi connectivity index (χ1n) is 10.3. The number of aromatic nitrogens is 5. The lowest BCUT2D eigenvalue weighted by molar-refractivity contribution is 0.1000. The largest absolute Gasteiger partial charge is 0.366 e. The van der Waals surface area contributed by atoms with Crippen molar-refractivity contribution in [1.82, 2.24) is 24.1 Å². The van der Waals surface area contributed by atoms with Crippen LogP contribution in [0.3, 0.4) is 0 Å². The number of nitrogens with zero attached hydrogens (tertiary/aromatic N) is 5. The molecule has 10 nitrogen and oxygen atoms in total. The Morgan fingerprint density at radius 1 is 1.00 bits per heavy atom. The van der Waals surface area contributed by atoms with Crippen molar-refractivity contribution < 1.29 is 13.2 Å². The Morgan fingerprint density at radius 2 is 1.79 bits per heavy atom. The van der Waals surface area contributed by atoms with Crippen molar-refractivity contribution in [2.24, 2.45) is 19.8 Å². The molecule has 0 fully saturated rings. The lowest BCUT2D eigenvalue weighted by Crippen LogP contribution is -2.24. The number of carbonyl (C=O) groups is 1. The zero-order chi connectivity index (χ0) is 24.2. The summed E-state index contributed by atoms with van der Waals surface area (Å²) in [6.07, 6.45) is 4.30. The minimum absolute atomic E-state index is 0.0910. The molecule has 3 heterocycles. The molecule has 0 aliphatic heterocycles. The fraction of sp³-hybridized carbons (Fsp3) is 0.130. The number of benzene rings is 2. The maximum atomic E-state index is 13.3. The number of carbonyl (C=O) groups excluding carboxylic acids is 1. The predicted octanol–water partition coefficient (Wildman–Crippen LogP) is 1.60. The number of nitrogens with two attached hydrogens (primary N) is 1. The van der Waals surface area contributed by atoms with Gasteiger partial charge in [-0.2, -0.15) is 10.2 Å². The third-order valence-corrected chi connectivity index (χ3v) is 7.52. The molecule has 0 aliphatic rings. The first-order valence-corrected chi connectivity index (χ1v) is 11.8. The van der Waals surface area contributed by atoms with Crippen molar-refractivity contribution in [3.63, 3.8) is 0 Å². The fourth-order valence-corrected chi connectivity index (χ4v) is 5.36. The molecular weight excluding hydrogens is 456 g/mol. The summed E-state index contributed by atoms with van der Waals surface area (Å²) in [5.74, 6) is -0.552. The van der Waals surface area contributed by atoms with Crippen LogP contribution in [0.15, 0.2) is 75.6 Å². The van der Waals surface area contributed by atoms with E-state index in [0.29, 0.717) is 32.9 Å². The molecule has 2 aromatic carbocycles. The standard InChI is InChI=1S/C23H20N6O4S/c1-27-13-17(10-25-27)34(32,33)16-6-7-20-18(9-16)19-11-26-29(23(31)21(19)28(20)2)12-14-4-3-5-15(8-14)22(24)30/h3-11,13H,12H2,1-2H3,(H2,24,30). The van der Waals surface area contributed by atoms with Crippen molar-refractivity contribution in [1.29, 1.82) is 0 Å². The van der Waals surface area contributed by atoms with Crippen LogP contribution in [0.5, 0.6) is 0 Å². The fourth-order valence-electron chi connectivity index (χ4n) is 4.09. The third kappa shape index (κ3) is 3.37. The lowest BCUT2D eigenvalue weighted by atomic mass is 10.1. The van der Waals surface area contributed by atoms with Crippen LogP contribution in [0, 0.1) is 0 Å². The summed E-state index contributed by atoms with van der Waals surface area (Å²) in [5, 5.41) is 9.41. The number of sulfone groups is 1. The summed E-state index contributed by atoms with van der Waals surface area (Å²) >= 11 is 0. The molecule has 5 rings (SSSR count). The maximum absolute atomic E-state index is 13.3. The van der Waals surface area contributed by atoms with E-state index in [1.54, 1.807) is 61.3 Å². The second-order valence-corrected chi connectivity index (χ2v) is 9.98. The Labute approximate surface area is 193 Å². The van der Waals surface area contributed by atoms with Gasteiger partial charge in [0, 0.05) is 42.1 Å². The molecule has 0 spiro atoms. The second kappa shape index (κ2) is 7.66. The molecule has 34 heavy (non-hydrogen) atoms. The van der Waals surface area contributed by atoms with E-state index < -0.39 is 15.7 Å². The summed E-state index contributed by atoms with van der Waals surface area (Å²) in [7, 11) is -0.377. The van der Waals surface area contributed by atoms with Gasteiger partial charge in [0.15, 0.2) is 0 Å². The Bertz CT molecular complexity index is 1780. The normalized spacial score (nSPS) is 11.9. The summed E-state index contributed by atoms with van der Waals surface area (Å²) < 4.78 is 30.6. The molecule has 3 aromatic heterocycles. The molecule has 172 valence electrons. The predicted molar refractivity (Wildman–Crippen MR) is 125 cm³/mol. The highest BCUT2D eigenvalue weighted by molar-refractivity contribution is 7.91. The third-order valence-electron chi connectivity index (χ3n) is 5.82. The Hall–Kier alpha value is -4.25. The van der Waals surface area contributed by atoms with E-state index in [2.05, 4.69) is 10.2 Å². The molecule has 0 atom stereocenters. The number of hydrogen-bond acceptors (Lipinski definition) is 6. The Kier molecular flexibility index (Phi) is 4.87. The molecule has 5 aromatic rings. The average Bonchev–Trinajstić information content (AvgIpc) is 3.38. The molecule has 0 bridgehead atoms. The molecule has 2 N–H and O–H groups in total. The van der Waals surface area contributed by atoms with Gasteiger partial charge in [-0.25, -0.2) is 13.1 Å². The first kappa shape index (κ1) is 21.6. The van der Waals surface area contributed by atoms with Crippen LogP contribution in [0.25, 0.3) is 21.8 Å². The van der Waals surface area contributed by atoms with Crippen LogP contribution in [0.4, 0.5) is 0 Å². The molecule has 11 heteroatoms. The Balaban J connectivity index is 1.63. The smallest absolute Gasteiger partial charge is 0.291 e. The van der Waals surface area contributed by atoms with Gasteiger partial charge in [0.05, 0.1) is 23.8 Å². The highest BCUT2D eigenvalue weighted by Crippen LogP contribution is 2.30. The highest BCUT2D eigenvalue weighted by Gasteiger charge is 2.22. The number of rotatable bonds is 5. The molecule has 0 saturated carbocycles. The van der Waals surface area contributed by atoms with E-state index in [-0.39, 0.29) is 21.9 Å². The monoisotopic (exact) mass is 476 g/mol. The SMILES string of the molecule is Cn1cc(S(=O)(=O)c2ccc3c(c2)c2cnn(Cc4cccc(C(N)=O)c4)c(=O)c2n3C)cn1. The number of primary amides is 1. The number of hydrogen-bond donors (Lipinski definition) is 1. The van der Waals surface area contributed by atoms with Gasteiger partial charge >= 0.3 is 0 Å². The maximum Gasteiger partial charge on any atom is 0.291 e. The summed E-state index contributed by atoms with van der Waals surface area (Å²) in [6, 6.07) is 11.5. The van der Waals surface area contributed by atoms with Gasteiger partial charge in [0.1, 0.15) is 10.4 Å². The quantitative estimate of drug-likeness (QED) is 0.409. The van der Waals surface area contributed by atoms with Gasteiger partial charge in [-0.3, -0.25) is 14.3 Å². The van der Waals surface area contributed by atoms with Gasteiger partial charge in [-0.1, -0.05) is 12.1 Å². The van der Waals surface area contributed by atoms with Gasteiger partial charge in [0.25, 0.3) is 5.56 Å². The van der Waals surface area contributed by atoms with E-state index in [9.17, 15) is 18.0 Å². The molecule has 0 aliphatic carbocycles. The number of fused-ring (bicyclic) bond motifs is 3. The van der Waals surface area contributed by atoms with Crippen LogP contribution in [-0.4, -0.2) is 38.5 Å². The topological polar surface area (TPSA) is 135 Å². The summed E-state index contributed by atoms with van der Waals surface area (Å²) in [6.45, 7) is 0.151. The van der Waals surface area contributed by atoms with Crippen LogP contribution in [-0.2, 0) is 30.5 Å². The molecule has 0 radical (unpaired) electrons. The zero-order valence-corrected chi connectivity index (χ0v) is 19.2. The van der Waals surface area contributed by atoms with E-state index in [4.69, 9.17) is 5.73 Å². The Morgan fingerprint density at radius 3 is 2.50 bits per heavy atom. The minimum atomic E-state index is -3.77. The zero-order valence-electron chi connectivity index (χ0n) is 18.3. The average molecular weight is 477 g/mol. The van der Waals surface area contributed by atoms with Crippen LogP contribution < -0.4 is 11.3 Å².